The minimum Gasteiger partial charge on any atom is -0.318 e. The number of nitrogens with one attached hydrogen (secondary N) is 2. The van der Waals surface area contributed by atoms with E-state index in [2.05, 4.69) is 15.8 Å². The predicted molar refractivity (Wildman–Crippen MR) is 105 cm³/mol. The van der Waals surface area contributed by atoms with Gasteiger partial charge < -0.3 is 4.57 Å². The molecule has 0 atom stereocenters. The summed E-state index contributed by atoms with van der Waals surface area (Å²) in [6.45, 7) is 1.97. The van der Waals surface area contributed by atoms with Crippen LogP contribution in [-0.4, -0.2) is 27.1 Å². The van der Waals surface area contributed by atoms with Gasteiger partial charge in [0.05, 0.1) is 11.0 Å². The Hall–Kier alpha value is -3.55. The number of aromatic nitrogens is 2. The fraction of sp³-hybridized carbons (Fsp3) is 0.238. The van der Waals surface area contributed by atoms with Crippen LogP contribution >= 0.6 is 0 Å². The van der Waals surface area contributed by atoms with Crippen LogP contribution in [0.5, 0.6) is 0 Å². The molecule has 0 fully saturated rings. The summed E-state index contributed by atoms with van der Waals surface area (Å²) in [7, 11) is 0. The first-order valence-electron chi connectivity index (χ1n) is 9.28. The third kappa shape index (κ3) is 5.04. The second-order valence-electron chi connectivity index (χ2n) is 6.48. The molecule has 0 bridgehead atoms. The van der Waals surface area contributed by atoms with Crippen LogP contribution < -0.4 is 10.9 Å². The van der Waals surface area contributed by atoms with Crippen molar-refractivity contribution in [2.75, 3.05) is 0 Å². The van der Waals surface area contributed by atoms with Crippen LogP contribution in [0.15, 0.2) is 48.5 Å². The number of hydrogen-bond donors (Lipinski definition) is 2. The van der Waals surface area contributed by atoms with Gasteiger partial charge in [0.2, 0.25) is 5.91 Å². The lowest BCUT2D eigenvalue weighted by atomic mass is 10.1. The summed E-state index contributed by atoms with van der Waals surface area (Å²) in [6, 6.07) is 12.6. The molecule has 0 aliphatic rings. The molecule has 2 amide bonds. The number of imidazole rings is 1. The number of aryl methyl sites for hydroxylation is 1. The molecule has 3 aromatic rings. The number of nitrogens with zero attached hydrogens (tertiary/aromatic N) is 2. The van der Waals surface area contributed by atoms with Crippen molar-refractivity contribution in [1.29, 1.82) is 0 Å². The van der Waals surface area contributed by atoms with Gasteiger partial charge in [-0.2, -0.15) is 0 Å². The standard InChI is InChI=1S/C21H21FN4O3/c1-2-19-23-16-5-3-4-6-17(16)26(19)13-21(29)25-24-20(28)12-11-18(27)14-7-9-15(22)10-8-14/h3-10H,2,11-13H2,1H3,(H,24,28)(H,25,29). The van der Waals surface area contributed by atoms with Gasteiger partial charge >= 0.3 is 0 Å². The molecule has 7 nitrogen and oxygen atoms in total. The maximum absolute atomic E-state index is 12.9. The lowest BCUT2D eigenvalue weighted by Gasteiger charge is -2.10. The molecule has 2 aromatic carbocycles. The number of hydrogen-bond acceptors (Lipinski definition) is 4. The monoisotopic (exact) mass is 396 g/mol. The van der Waals surface area contributed by atoms with E-state index in [1.165, 1.54) is 24.3 Å². The molecule has 8 heteroatoms. The molecule has 1 heterocycles. The topological polar surface area (TPSA) is 93.1 Å². The zero-order valence-corrected chi connectivity index (χ0v) is 15.9. The molecule has 29 heavy (non-hydrogen) atoms. The summed E-state index contributed by atoms with van der Waals surface area (Å²) in [5, 5.41) is 0. The number of rotatable bonds is 7. The summed E-state index contributed by atoms with van der Waals surface area (Å²) in [4.78, 5) is 40.7. The molecule has 0 aliphatic heterocycles. The Morgan fingerprint density at radius 1 is 0.966 bits per heavy atom. The Bertz CT molecular complexity index is 1040. The lowest BCUT2D eigenvalue weighted by molar-refractivity contribution is -0.129. The van der Waals surface area contributed by atoms with E-state index < -0.39 is 17.6 Å². The van der Waals surface area contributed by atoms with Crippen molar-refractivity contribution in [3.05, 3.63) is 65.7 Å². The van der Waals surface area contributed by atoms with Gasteiger partial charge in [-0.3, -0.25) is 25.2 Å². The van der Waals surface area contributed by atoms with E-state index in [-0.39, 0.29) is 25.2 Å². The van der Waals surface area contributed by atoms with E-state index >= 15 is 0 Å². The Morgan fingerprint density at radius 3 is 2.38 bits per heavy atom. The van der Waals surface area contributed by atoms with Crippen molar-refractivity contribution in [1.82, 2.24) is 20.4 Å². The molecular formula is C21H21FN4O3. The van der Waals surface area contributed by atoms with E-state index in [0.29, 0.717) is 12.0 Å². The molecule has 1 aromatic heterocycles. The minimum atomic E-state index is -0.486. The molecule has 0 saturated carbocycles. The number of hydrazine groups is 1. The summed E-state index contributed by atoms with van der Waals surface area (Å²) < 4.78 is 14.7. The Kier molecular flexibility index (Phi) is 6.33. The van der Waals surface area contributed by atoms with Crippen LogP contribution in [0.2, 0.25) is 0 Å². The Balaban J connectivity index is 1.50. The highest BCUT2D eigenvalue weighted by Gasteiger charge is 2.14. The highest BCUT2D eigenvalue weighted by Crippen LogP contribution is 2.16. The van der Waals surface area contributed by atoms with Gasteiger partial charge in [0.15, 0.2) is 5.78 Å². The summed E-state index contributed by atoms with van der Waals surface area (Å²) >= 11 is 0. The smallest absolute Gasteiger partial charge is 0.258 e. The predicted octanol–water partition coefficient (Wildman–Crippen LogP) is 2.55. The molecule has 150 valence electrons. The van der Waals surface area contributed by atoms with E-state index in [0.717, 1.165) is 16.9 Å². The number of ketones is 1. The number of halogens is 1. The maximum atomic E-state index is 12.9. The number of carbonyl (C=O) groups is 3. The van der Waals surface area contributed by atoms with Gasteiger partial charge in [-0.25, -0.2) is 9.37 Å². The van der Waals surface area contributed by atoms with E-state index in [1.54, 1.807) is 4.57 Å². The number of carbonyl (C=O) groups excluding carboxylic acids is 3. The lowest BCUT2D eigenvalue weighted by Crippen LogP contribution is -2.43. The fourth-order valence-corrected chi connectivity index (χ4v) is 2.96. The van der Waals surface area contributed by atoms with Crippen molar-refractivity contribution < 1.29 is 18.8 Å². The molecule has 0 radical (unpaired) electrons. The largest absolute Gasteiger partial charge is 0.318 e. The highest BCUT2D eigenvalue weighted by atomic mass is 19.1. The van der Waals surface area contributed by atoms with Crippen LogP contribution in [-0.2, 0) is 22.6 Å². The summed E-state index contributed by atoms with van der Waals surface area (Å²) in [5.74, 6) is -0.818. The van der Waals surface area contributed by atoms with Gasteiger partial charge in [-0.05, 0) is 36.4 Å². The normalized spacial score (nSPS) is 10.7. The first-order valence-corrected chi connectivity index (χ1v) is 9.28. The van der Waals surface area contributed by atoms with Crippen molar-refractivity contribution in [2.24, 2.45) is 0 Å². The second-order valence-corrected chi connectivity index (χ2v) is 6.48. The molecule has 0 spiro atoms. The molecular weight excluding hydrogens is 375 g/mol. The van der Waals surface area contributed by atoms with Crippen LogP contribution in [0.4, 0.5) is 4.39 Å². The number of benzene rings is 2. The zero-order valence-electron chi connectivity index (χ0n) is 15.9. The van der Waals surface area contributed by atoms with Crippen molar-refractivity contribution in [3.8, 4) is 0 Å². The third-order valence-electron chi connectivity index (χ3n) is 4.44. The molecule has 2 N–H and O–H groups in total. The quantitative estimate of drug-likeness (QED) is 0.474. The van der Waals surface area contributed by atoms with E-state index in [4.69, 9.17) is 0 Å². The van der Waals surface area contributed by atoms with E-state index in [9.17, 15) is 18.8 Å². The molecule has 0 unspecified atom stereocenters. The number of para-hydroxylation sites is 2. The zero-order chi connectivity index (χ0) is 20.8. The van der Waals surface area contributed by atoms with Crippen LogP contribution in [0.25, 0.3) is 11.0 Å². The number of fused-ring (bicyclic) bond motifs is 1. The van der Waals surface area contributed by atoms with Crippen molar-refractivity contribution in [2.45, 2.75) is 32.7 Å². The van der Waals surface area contributed by atoms with E-state index in [1.807, 2.05) is 31.2 Å². The average Bonchev–Trinajstić information content (AvgIpc) is 3.08. The van der Waals surface area contributed by atoms with Gasteiger partial charge in [0.25, 0.3) is 5.91 Å². The second kappa shape index (κ2) is 9.09. The minimum absolute atomic E-state index is 0.0124. The molecule has 3 rings (SSSR count). The van der Waals surface area contributed by atoms with Crippen LogP contribution in [0.3, 0.4) is 0 Å². The highest BCUT2D eigenvalue weighted by molar-refractivity contribution is 5.98. The number of Topliss-reactive ketones (excluding diaryl/α,β-unsaturated/α-hetero) is 1. The average molecular weight is 396 g/mol. The van der Waals surface area contributed by atoms with Crippen molar-refractivity contribution in [3.63, 3.8) is 0 Å². The first kappa shape index (κ1) is 20.2. The summed E-state index contributed by atoms with van der Waals surface area (Å²) in [6.07, 6.45) is 0.532. The third-order valence-corrected chi connectivity index (χ3v) is 4.44. The SMILES string of the molecule is CCc1nc2ccccc2n1CC(=O)NNC(=O)CCC(=O)c1ccc(F)cc1. The van der Waals surface area contributed by atoms with Gasteiger partial charge in [0, 0.05) is 24.8 Å². The Labute approximate surface area is 166 Å². The van der Waals surface area contributed by atoms with Crippen LogP contribution in [0, 0.1) is 5.82 Å². The van der Waals surface area contributed by atoms with Gasteiger partial charge in [-0.1, -0.05) is 19.1 Å². The fourth-order valence-electron chi connectivity index (χ4n) is 2.96. The maximum Gasteiger partial charge on any atom is 0.258 e. The van der Waals surface area contributed by atoms with Gasteiger partial charge in [0.1, 0.15) is 18.2 Å². The molecule has 0 saturated heterocycles. The summed E-state index contributed by atoms with van der Waals surface area (Å²) in [5.41, 5.74) is 6.66. The first-order chi connectivity index (χ1) is 14.0. The van der Waals surface area contributed by atoms with Gasteiger partial charge in [-0.15, -0.1) is 0 Å². The number of amides is 2. The Morgan fingerprint density at radius 2 is 1.66 bits per heavy atom. The van der Waals surface area contributed by atoms with Crippen molar-refractivity contribution >= 4 is 28.6 Å². The van der Waals surface area contributed by atoms with Crippen LogP contribution in [0.1, 0.15) is 35.9 Å². The molecule has 0 aliphatic carbocycles.